The first-order valence-electron chi connectivity index (χ1n) is 6.37. The van der Waals surface area contributed by atoms with Gasteiger partial charge in [0.15, 0.2) is 0 Å². The molecule has 2 fully saturated rings. The third kappa shape index (κ3) is 3.40. The molecule has 19 heavy (non-hydrogen) atoms. The summed E-state index contributed by atoms with van der Waals surface area (Å²) in [5.74, 6) is -3.95. The topological polar surface area (TPSA) is 49.9 Å². The van der Waals surface area contributed by atoms with Crippen molar-refractivity contribution in [2.45, 2.75) is 18.8 Å². The molecule has 0 radical (unpaired) electrons. The van der Waals surface area contributed by atoms with Crippen molar-refractivity contribution in [1.29, 1.82) is 0 Å². The standard InChI is InChI=1S/C12H18F2N2O3/c1-15-3-2-9(6-10(15)17)11(18)16-4-5-19-8-12(13,14)7-16/h9H,2-8H2,1H3/t9-/m1/s1. The van der Waals surface area contributed by atoms with E-state index >= 15 is 0 Å². The van der Waals surface area contributed by atoms with Gasteiger partial charge in [-0.2, -0.15) is 0 Å². The van der Waals surface area contributed by atoms with E-state index in [-0.39, 0.29) is 31.4 Å². The lowest BCUT2D eigenvalue weighted by Gasteiger charge is -2.32. The van der Waals surface area contributed by atoms with E-state index in [1.54, 1.807) is 11.9 Å². The van der Waals surface area contributed by atoms with Crippen molar-refractivity contribution in [1.82, 2.24) is 9.80 Å². The molecule has 0 N–H and O–H groups in total. The Bertz CT molecular complexity index is 376. The lowest BCUT2D eigenvalue weighted by Crippen LogP contribution is -2.47. The van der Waals surface area contributed by atoms with E-state index in [0.29, 0.717) is 13.0 Å². The van der Waals surface area contributed by atoms with E-state index in [0.717, 1.165) is 4.90 Å². The number of rotatable bonds is 1. The Balaban J connectivity index is 2.00. The van der Waals surface area contributed by atoms with Crippen molar-refractivity contribution < 1.29 is 23.1 Å². The molecule has 2 aliphatic heterocycles. The maximum absolute atomic E-state index is 13.4. The minimum absolute atomic E-state index is 0.109. The Labute approximate surface area is 110 Å². The summed E-state index contributed by atoms with van der Waals surface area (Å²) >= 11 is 0. The van der Waals surface area contributed by atoms with Gasteiger partial charge in [0.1, 0.15) is 6.61 Å². The molecule has 2 aliphatic rings. The molecule has 0 aromatic rings. The maximum atomic E-state index is 13.4. The second kappa shape index (κ2) is 5.40. The zero-order valence-electron chi connectivity index (χ0n) is 10.9. The van der Waals surface area contributed by atoms with Crippen LogP contribution in [0.15, 0.2) is 0 Å². The predicted molar refractivity (Wildman–Crippen MR) is 62.7 cm³/mol. The Kier molecular flexibility index (Phi) is 4.03. The fourth-order valence-corrected chi connectivity index (χ4v) is 2.40. The molecule has 108 valence electrons. The van der Waals surface area contributed by atoms with Crippen molar-refractivity contribution in [3.8, 4) is 0 Å². The molecule has 0 unspecified atom stereocenters. The first-order chi connectivity index (χ1) is 8.89. The van der Waals surface area contributed by atoms with Crippen molar-refractivity contribution >= 4 is 11.8 Å². The molecule has 5 nitrogen and oxygen atoms in total. The molecule has 0 spiro atoms. The zero-order valence-corrected chi connectivity index (χ0v) is 10.9. The van der Waals surface area contributed by atoms with Crippen LogP contribution in [0.4, 0.5) is 8.78 Å². The Hall–Kier alpha value is -1.24. The Morgan fingerprint density at radius 1 is 1.42 bits per heavy atom. The number of likely N-dealkylation sites (tertiary alicyclic amines) is 1. The second-order valence-electron chi connectivity index (χ2n) is 5.17. The fourth-order valence-electron chi connectivity index (χ4n) is 2.40. The molecular formula is C12H18F2N2O3. The fraction of sp³-hybridized carbons (Fsp3) is 0.833. The van der Waals surface area contributed by atoms with Crippen LogP contribution in [-0.2, 0) is 14.3 Å². The van der Waals surface area contributed by atoms with Gasteiger partial charge in [-0.3, -0.25) is 9.59 Å². The number of carbonyl (C=O) groups excluding carboxylic acids is 2. The highest BCUT2D eigenvalue weighted by Crippen LogP contribution is 2.24. The second-order valence-corrected chi connectivity index (χ2v) is 5.17. The van der Waals surface area contributed by atoms with Crippen molar-refractivity contribution in [2.75, 3.05) is 39.9 Å². The van der Waals surface area contributed by atoms with E-state index in [9.17, 15) is 18.4 Å². The van der Waals surface area contributed by atoms with E-state index in [4.69, 9.17) is 4.74 Å². The number of hydrogen-bond acceptors (Lipinski definition) is 3. The van der Waals surface area contributed by atoms with Gasteiger partial charge in [-0.15, -0.1) is 0 Å². The minimum Gasteiger partial charge on any atom is -0.373 e. The van der Waals surface area contributed by atoms with E-state index in [1.807, 2.05) is 0 Å². The van der Waals surface area contributed by atoms with Gasteiger partial charge in [-0.25, -0.2) is 8.78 Å². The highest BCUT2D eigenvalue weighted by atomic mass is 19.3. The smallest absolute Gasteiger partial charge is 0.288 e. The number of halogens is 2. The first-order valence-corrected chi connectivity index (χ1v) is 6.37. The average molecular weight is 276 g/mol. The van der Waals surface area contributed by atoms with Crippen LogP contribution >= 0.6 is 0 Å². The van der Waals surface area contributed by atoms with Crippen molar-refractivity contribution in [3.63, 3.8) is 0 Å². The molecule has 0 aromatic carbocycles. The van der Waals surface area contributed by atoms with Gasteiger partial charge in [0.05, 0.1) is 13.2 Å². The van der Waals surface area contributed by atoms with Crippen LogP contribution in [0.3, 0.4) is 0 Å². The number of nitrogens with zero attached hydrogens (tertiary/aromatic N) is 2. The van der Waals surface area contributed by atoms with Crippen molar-refractivity contribution in [2.24, 2.45) is 5.92 Å². The van der Waals surface area contributed by atoms with Crippen LogP contribution in [0.1, 0.15) is 12.8 Å². The zero-order chi connectivity index (χ0) is 14.0. The predicted octanol–water partition coefficient (Wildman–Crippen LogP) is 0.349. The van der Waals surface area contributed by atoms with E-state index in [1.165, 1.54) is 0 Å². The van der Waals surface area contributed by atoms with Gasteiger partial charge in [-0.1, -0.05) is 0 Å². The van der Waals surface area contributed by atoms with Gasteiger partial charge in [0.2, 0.25) is 11.8 Å². The van der Waals surface area contributed by atoms with Crippen LogP contribution in [0.5, 0.6) is 0 Å². The molecule has 2 heterocycles. The summed E-state index contributed by atoms with van der Waals surface area (Å²) in [6, 6.07) is 0. The maximum Gasteiger partial charge on any atom is 0.288 e. The normalized spacial score (nSPS) is 28.2. The molecule has 2 amide bonds. The molecule has 7 heteroatoms. The summed E-state index contributed by atoms with van der Waals surface area (Å²) in [5, 5.41) is 0. The van der Waals surface area contributed by atoms with Crippen LogP contribution < -0.4 is 0 Å². The minimum atomic E-state index is -3.01. The van der Waals surface area contributed by atoms with Gasteiger partial charge in [-0.05, 0) is 6.42 Å². The number of hydrogen-bond donors (Lipinski definition) is 0. The SMILES string of the molecule is CN1CC[C@@H](C(=O)N2CCOCC(F)(F)C2)CC1=O. The van der Waals surface area contributed by atoms with Gasteiger partial charge in [0.25, 0.3) is 5.92 Å². The number of amides is 2. The van der Waals surface area contributed by atoms with E-state index < -0.39 is 25.0 Å². The molecule has 0 aliphatic carbocycles. The number of piperidine rings is 1. The van der Waals surface area contributed by atoms with Crippen LogP contribution in [0, 0.1) is 5.92 Å². The quantitative estimate of drug-likeness (QED) is 0.694. The third-order valence-corrected chi connectivity index (χ3v) is 3.56. The summed E-state index contributed by atoms with van der Waals surface area (Å²) in [7, 11) is 1.68. The summed E-state index contributed by atoms with van der Waals surface area (Å²) < 4.78 is 31.6. The molecule has 0 aromatic heterocycles. The lowest BCUT2D eigenvalue weighted by molar-refractivity contribution is -0.147. The first kappa shape index (κ1) is 14.2. The average Bonchev–Trinajstić information content (AvgIpc) is 2.53. The van der Waals surface area contributed by atoms with Gasteiger partial charge < -0.3 is 14.5 Å². The summed E-state index contributed by atoms with van der Waals surface area (Å²) in [5.41, 5.74) is 0. The summed E-state index contributed by atoms with van der Waals surface area (Å²) in [4.78, 5) is 26.5. The largest absolute Gasteiger partial charge is 0.373 e. The van der Waals surface area contributed by atoms with Gasteiger partial charge >= 0.3 is 0 Å². The molecule has 1 atom stereocenters. The molecule has 2 rings (SSSR count). The number of alkyl halides is 2. The van der Waals surface area contributed by atoms with E-state index in [2.05, 4.69) is 0 Å². The number of ether oxygens (including phenoxy) is 1. The highest BCUT2D eigenvalue weighted by Gasteiger charge is 2.39. The van der Waals surface area contributed by atoms with Crippen LogP contribution in [0.25, 0.3) is 0 Å². The summed E-state index contributed by atoms with van der Waals surface area (Å²) in [6.45, 7) is -0.498. The molecule has 0 saturated carbocycles. The monoisotopic (exact) mass is 276 g/mol. The highest BCUT2D eigenvalue weighted by molar-refractivity contribution is 5.87. The Morgan fingerprint density at radius 2 is 2.16 bits per heavy atom. The lowest BCUT2D eigenvalue weighted by atomic mass is 9.95. The Morgan fingerprint density at radius 3 is 2.84 bits per heavy atom. The van der Waals surface area contributed by atoms with Crippen molar-refractivity contribution in [3.05, 3.63) is 0 Å². The van der Waals surface area contributed by atoms with Gasteiger partial charge in [0, 0.05) is 32.5 Å². The summed E-state index contributed by atoms with van der Waals surface area (Å²) in [6.07, 6.45) is 0.641. The number of carbonyl (C=O) groups is 2. The van der Waals surface area contributed by atoms with Crippen LogP contribution in [-0.4, -0.2) is 67.4 Å². The molecular weight excluding hydrogens is 258 g/mol. The molecule has 0 bridgehead atoms. The third-order valence-electron chi connectivity index (χ3n) is 3.56. The molecule has 2 saturated heterocycles. The van der Waals surface area contributed by atoms with Crippen LogP contribution in [0.2, 0.25) is 0 Å².